The van der Waals surface area contributed by atoms with Gasteiger partial charge in [0, 0.05) is 12.2 Å². The molecule has 0 amide bonds. The van der Waals surface area contributed by atoms with Gasteiger partial charge >= 0.3 is 0 Å². The van der Waals surface area contributed by atoms with Crippen molar-refractivity contribution in [3.05, 3.63) is 54.1 Å². The molecule has 1 heterocycles. The van der Waals surface area contributed by atoms with Gasteiger partial charge in [0.15, 0.2) is 0 Å². The quantitative estimate of drug-likeness (QED) is 0.894. The Morgan fingerprint density at radius 1 is 1.28 bits per heavy atom. The van der Waals surface area contributed by atoms with Crippen LogP contribution in [-0.4, -0.2) is 9.55 Å². The SMILES string of the molecule is N[C@H](Cc1ccccc1)c1cncn1C1CCC1. The zero-order valence-electron chi connectivity index (χ0n) is 10.5. The zero-order valence-corrected chi connectivity index (χ0v) is 10.5. The molecule has 0 bridgehead atoms. The molecule has 3 rings (SSSR count). The van der Waals surface area contributed by atoms with E-state index < -0.39 is 0 Å². The minimum Gasteiger partial charge on any atom is -0.330 e. The van der Waals surface area contributed by atoms with Crippen molar-refractivity contribution in [3.63, 3.8) is 0 Å². The number of imidazole rings is 1. The van der Waals surface area contributed by atoms with Crippen LogP contribution >= 0.6 is 0 Å². The first-order chi connectivity index (χ1) is 8.84. The largest absolute Gasteiger partial charge is 0.330 e. The predicted molar refractivity (Wildman–Crippen MR) is 72.2 cm³/mol. The molecule has 0 unspecified atom stereocenters. The number of nitrogens with two attached hydrogens (primary N) is 1. The molecular formula is C15H19N3. The van der Waals surface area contributed by atoms with Crippen LogP contribution < -0.4 is 5.73 Å². The van der Waals surface area contributed by atoms with E-state index in [1.165, 1.54) is 30.5 Å². The van der Waals surface area contributed by atoms with Crippen molar-refractivity contribution < 1.29 is 0 Å². The van der Waals surface area contributed by atoms with E-state index in [0.29, 0.717) is 6.04 Å². The highest BCUT2D eigenvalue weighted by Crippen LogP contribution is 2.33. The van der Waals surface area contributed by atoms with Gasteiger partial charge in [-0.05, 0) is 31.2 Å². The Bertz CT molecular complexity index is 499. The highest BCUT2D eigenvalue weighted by atomic mass is 15.1. The molecule has 1 aromatic heterocycles. The summed E-state index contributed by atoms with van der Waals surface area (Å²) in [5.74, 6) is 0. The van der Waals surface area contributed by atoms with Gasteiger partial charge in [0.2, 0.25) is 0 Å². The predicted octanol–water partition coefficient (Wildman–Crippen LogP) is 2.85. The topological polar surface area (TPSA) is 43.8 Å². The first kappa shape index (κ1) is 11.5. The third-order valence-corrected chi connectivity index (χ3v) is 3.84. The second kappa shape index (κ2) is 4.94. The van der Waals surface area contributed by atoms with Crippen molar-refractivity contribution in [2.24, 2.45) is 5.73 Å². The van der Waals surface area contributed by atoms with Gasteiger partial charge in [0.1, 0.15) is 0 Å². The lowest BCUT2D eigenvalue weighted by Crippen LogP contribution is -2.23. The second-order valence-corrected chi connectivity index (χ2v) is 5.11. The summed E-state index contributed by atoms with van der Waals surface area (Å²) < 4.78 is 2.27. The van der Waals surface area contributed by atoms with Crippen LogP contribution in [0.4, 0.5) is 0 Å². The molecule has 0 spiro atoms. The molecule has 3 heteroatoms. The highest BCUT2D eigenvalue weighted by Gasteiger charge is 2.23. The number of nitrogens with zero attached hydrogens (tertiary/aromatic N) is 2. The standard InChI is InChI=1S/C15H19N3/c16-14(9-12-5-2-1-3-6-12)15-10-17-11-18(15)13-7-4-8-13/h1-3,5-6,10-11,13-14H,4,7-9,16H2/t14-/m1/s1. The molecule has 1 fully saturated rings. The van der Waals surface area contributed by atoms with Crippen LogP contribution in [-0.2, 0) is 6.42 Å². The first-order valence-electron chi connectivity index (χ1n) is 6.66. The Labute approximate surface area is 108 Å². The lowest BCUT2D eigenvalue weighted by molar-refractivity contribution is 0.303. The van der Waals surface area contributed by atoms with Crippen molar-refractivity contribution in [2.75, 3.05) is 0 Å². The summed E-state index contributed by atoms with van der Waals surface area (Å²) in [7, 11) is 0. The van der Waals surface area contributed by atoms with E-state index in [1.54, 1.807) is 0 Å². The van der Waals surface area contributed by atoms with Crippen molar-refractivity contribution in [1.82, 2.24) is 9.55 Å². The lowest BCUT2D eigenvalue weighted by atomic mass is 9.92. The molecule has 0 radical (unpaired) electrons. The van der Waals surface area contributed by atoms with Crippen LogP contribution in [0.15, 0.2) is 42.9 Å². The van der Waals surface area contributed by atoms with Gasteiger partial charge in [0.05, 0.1) is 18.1 Å². The van der Waals surface area contributed by atoms with Gasteiger partial charge in [-0.1, -0.05) is 30.3 Å². The van der Waals surface area contributed by atoms with Gasteiger partial charge in [0.25, 0.3) is 0 Å². The van der Waals surface area contributed by atoms with Gasteiger partial charge in [-0.2, -0.15) is 0 Å². The molecule has 1 saturated carbocycles. The van der Waals surface area contributed by atoms with E-state index in [9.17, 15) is 0 Å². The summed E-state index contributed by atoms with van der Waals surface area (Å²) >= 11 is 0. The number of hydrogen-bond donors (Lipinski definition) is 1. The van der Waals surface area contributed by atoms with Crippen molar-refractivity contribution in [2.45, 2.75) is 37.8 Å². The molecule has 1 aromatic carbocycles. The minimum absolute atomic E-state index is 0.0375. The van der Waals surface area contributed by atoms with E-state index in [1.807, 2.05) is 18.6 Å². The average Bonchev–Trinajstić information content (AvgIpc) is 2.77. The van der Waals surface area contributed by atoms with Crippen LogP contribution in [0.3, 0.4) is 0 Å². The summed E-state index contributed by atoms with van der Waals surface area (Å²) in [6.45, 7) is 0. The molecule has 1 atom stereocenters. The van der Waals surface area contributed by atoms with Crippen LogP contribution in [0.5, 0.6) is 0 Å². The number of rotatable bonds is 4. The first-order valence-corrected chi connectivity index (χ1v) is 6.66. The molecule has 2 N–H and O–H groups in total. The molecule has 1 aliphatic rings. The molecular weight excluding hydrogens is 222 g/mol. The van der Waals surface area contributed by atoms with Gasteiger partial charge in [-0.3, -0.25) is 0 Å². The summed E-state index contributed by atoms with van der Waals surface area (Å²) in [6, 6.07) is 11.1. The molecule has 18 heavy (non-hydrogen) atoms. The molecule has 0 saturated heterocycles. The summed E-state index contributed by atoms with van der Waals surface area (Å²) in [5, 5.41) is 0. The molecule has 2 aromatic rings. The second-order valence-electron chi connectivity index (χ2n) is 5.11. The smallest absolute Gasteiger partial charge is 0.0951 e. The third kappa shape index (κ3) is 2.18. The molecule has 1 aliphatic carbocycles. The maximum atomic E-state index is 6.33. The van der Waals surface area contributed by atoms with E-state index in [-0.39, 0.29) is 6.04 Å². The summed E-state index contributed by atoms with van der Waals surface area (Å²) in [5.41, 5.74) is 8.78. The van der Waals surface area contributed by atoms with Crippen molar-refractivity contribution >= 4 is 0 Å². The van der Waals surface area contributed by atoms with Gasteiger partial charge < -0.3 is 10.3 Å². The van der Waals surface area contributed by atoms with Crippen molar-refractivity contribution in [1.29, 1.82) is 0 Å². The fourth-order valence-corrected chi connectivity index (χ4v) is 2.54. The Morgan fingerprint density at radius 3 is 2.72 bits per heavy atom. The zero-order chi connectivity index (χ0) is 12.4. The van der Waals surface area contributed by atoms with Crippen LogP contribution in [0.25, 0.3) is 0 Å². The molecule has 0 aliphatic heterocycles. The molecule has 94 valence electrons. The Kier molecular flexibility index (Phi) is 3.15. The minimum atomic E-state index is 0.0375. The maximum absolute atomic E-state index is 6.33. The van der Waals surface area contributed by atoms with Crippen molar-refractivity contribution in [3.8, 4) is 0 Å². The summed E-state index contributed by atoms with van der Waals surface area (Å²) in [6.07, 6.45) is 8.59. The lowest BCUT2D eigenvalue weighted by Gasteiger charge is -2.29. The van der Waals surface area contributed by atoms with Crippen LogP contribution in [0.1, 0.15) is 42.6 Å². The van der Waals surface area contributed by atoms with Crippen LogP contribution in [0.2, 0.25) is 0 Å². The van der Waals surface area contributed by atoms with E-state index in [4.69, 9.17) is 5.73 Å². The normalized spacial score (nSPS) is 17.4. The maximum Gasteiger partial charge on any atom is 0.0951 e. The van der Waals surface area contributed by atoms with Crippen LogP contribution in [0, 0.1) is 0 Å². The monoisotopic (exact) mass is 241 g/mol. The third-order valence-electron chi connectivity index (χ3n) is 3.84. The number of aromatic nitrogens is 2. The Balaban J connectivity index is 1.76. The van der Waals surface area contributed by atoms with E-state index >= 15 is 0 Å². The highest BCUT2D eigenvalue weighted by molar-refractivity contribution is 5.19. The summed E-state index contributed by atoms with van der Waals surface area (Å²) in [4.78, 5) is 4.27. The average molecular weight is 241 g/mol. The number of benzene rings is 1. The Morgan fingerprint density at radius 2 is 2.06 bits per heavy atom. The van der Waals surface area contributed by atoms with Gasteiger partial charge in [-0.25, -0.2) is 4.98 Å². The van der Waals surface area contributed by atoms with E-state index in [2.05, 4.69) is 33.8 Å². The van der Waals surface area contributed by atoms with Gasteiger partial charge in [-0.15, -0.1) is 0 Å². The fraction of sp³-hybridized carbons (Fsp3) is 0.400. The number of hydrogen-bond acceptors (Lipinski definition) is 2. The van der Waals surface area contributed by atoms with E-state index in [0.717, 1.165) is 6.42 Å². The fourth-order valence-electron chi connectivity index (χ4n) is 2.54. The molecule has 3 nitrogen and oxygen atoms in total. The Hall–Kier alpha value is -1.61.